The van der Waals surface area contributed by atoms with Crippen LogP contribution in [0, 0.1) is 0 Å². The molecule has 0 aliphatic carbocycles. The highest BCUT2D eigenvalue weighted by Crippen LogP contribution is 2.20. The summed E-state index contributed by atoms with van der Waals surface area (Å²) < 4.78 is 30.6. The van der Waals surface area contributed by atoms with Crippen molar-refractivity contribution in [3.8, 4) is 5.75 Å². The van der Waals surface area contributed by atoms with Crippen molar-refractivity contribution in [1.29, 1.82) is 0 Å². The van der Waals surface area contributed by atoms with E-state index < -0.39 is 6.61 Å². The second-order valence-corrected chi connectivity index (χ2v) is 3.93. The molecule has 102 valence electrons. The summed E-state index contributed by atoms with van der Waals surface area (Å²) in [6.45, 7) is -2.03. The van der Waals surface area contributed by atoms with Gasteiger partial charge in [-0.2, -0.15) is 8.78 Å². The first-order valence-electron chi connectivity index (χ1n) is 5.81. The first-order chi connectivity index (χ1) is 9.19. The Morgan fingerprint density at radius 3 is 2.84 bits per heavy atom. The van der Waals surface area contributed by atoms with Crippen LogP contribution < -0.4 is 10.5 Å². The van der Waals surface area contributed by atoms with Crippen molar-refractivity contribution in [2.24, 2.45) is 5.73 Å². The molecule has 0 aliphatic heterocycles. The van der Waals surface area contributed by atoms with Crippen LogP contribution in [0.2, 0.25) is 0 Å². The van der Waals surface area contributed by atoms with Gasteiger partial charge in [-0.05, 0) is 12.6 Å². The summed E-state index contributed by atoms with van der Waals surface area (Å²) in [4.78, 5) is 0. The first kappa shape index (κ1) is 13.4. The van der Waals surface area contributed by atoms with E-state index in [0.29, 0.717) is 25.1 Å². The van der Waals surface area contributed by atoms with Crippen molar-refractivity contribution in [1.82, 2.24) is 15.0 Å². The summed E-state index contributed by atoms with van der Waals surface area (Å²) in [5.74, 6) is 0.147. The number of alkyl halides is 2. The van der Waals surface area contributed by atoms with Gasteiger partial charge in [0, 0.05) is 18.2 Å². The largest absolute Gasteiger partial charge is 0.434 e. The summed E-state index contributed by atoms with van der Waals surface area (Å²) >= 11 is 0. The van der Waals surface area contributed by atoms with Gasteiger partial charge in [-0.3, -0.25) is 0 Å². The lowest BCUT2D eigenvalue weighted by Crippen LogP contribution is -2.07. The van der Waals surface area contributed by atoms with Crippen molar-refractivity contribution in [2.45, 2.75) is 19.6 Å². The van der Waals surface area contributed by atoms with E-state index in [9.17, 15) is 8.78 Å². The zero-order valence-corrected chi connectivity index (χ0v) is 10.2. The minimum atomic E-state index is -2.84. The molecule has 1 aromatic heterocycles. The molecule has 0 spiro atoms. The Kier molecular flexibility index (Phi) is 4.40. The van der Waals surface area contributed by atoms with Gasteiger partial charge in [-0.1, -0.05) is 23.4 Å². The van der Waals surface area contributed by atoms with Gasteiger partial charge in [0.2, 0.25) is 0 Å². The summed E-state index contributed by atoms with van der Waals surface area (Å²) in [7, 11) is 0. The quantitative estimate of drug-likeness (QED) is 0.860. The summed E-state index contributed by atoms with van der Waals surface area (Å²) in [5.41, 5.74) is 6.81. The molecular formula is C12H14F2N4O. The van der Waals surface area contributed by atoms with Gasteiger partial charge >= 0.3 is 6.61 Å². The molecule has 0 saturated heterocycles. The maximum atomic E-state index is 12.3. The maximum Gasteiger partial charge on any atom is 0.387 e. The fourth-order valence-electron chi connectivity index (χ4n) is 1.70. The highest BCUT2D eigenvalue weighted by atomic mass is 19.3. The number of hydrogen-bond donors (Lipinski definition) is 1. The van der Waals surface area contributed by atoms with Gasteiger partial charge in [-0.15, -0.1) is 5.10 Å². The van der Waals surface area contributed by atoms with E-state index in [1.165, 1.54) is 6.07 Å². The lowest BCUT2D eigenvalue weighted by molar-refractivity contribution is -0.0505. The first-order valence-corrected chi connectivity index (χ1v) is 5.81. The molecule has 2 N–H and O–H groups in total. The van der Waals surface area contributed by atoms with Crippen molar-refractivity contribution in [3.63, 3.8) is 0 Å². The molecule has 19 heavy (non-hydrogen) atoms. The van der Waals surface area contributed by atoms with E-state index in [1.807, 2.05) is 0 Å². The summed E-state index contributed by atoms with van der Waals surface area (Å²) in [6.07, 6.45) is 2.38. The van der Waals surface area contributed by atoms with Crippen LogP contribution in [0.5, 0.6) is 5.75 Å². The Hall–Kier alpha value is -2.02. The average Bonchev–Trinajstić information content (AvgIpc) is 2.79. The molecule has 0 radical (unpaired) electrons. The van der Waals surface area contributed by atoms with Crippen LogP contribution in [-0.4, -0.2) is 28.2 Å². The fraction of sp³-hybridized carbons (Fsp3) is 0.333. The highest BCUT2D eigenvalue weighted by Gasteiger charge is 2.10. The Morgan fingerprint density at radius 1 is 1.32 bits per heavy atom. The summed E-state index contributed by atoms with van der Waals surface area (Å²) in [5, 5.41) is 7.86. The number of rotatable bonds is 6. The molecule has 1 aromatic carbocycles. The van der Waals surface area contributed by atoms with E-state index in [4.69, 9.17) is 5.73 Å². The third-order valence-corrected chi connectivity index (χ3v) is 2.51. The molecule has 0 unspecified atom stereocenters. The zero-order valence-electron chi connectivity index (χ0n) is 10.2. The molecule has 1 heterocycles. The van der Waals surface area contributed by atoms with Gasteiger partial charge < -0.3 is 10.5 Å². The maximum absolute atomic E-state index is 12.3. The molecule has 5 nitrogen and oxygen atoms in total. The predicted octanol–water partition coefficient (Wildman–Crippen LogP) is 1.43. The predicted molar refractivity (Wildman–Crippen MR) is 65.0 cm³/mol. The zero-order chi connectivity index (χ0) is 13.7. The highest BCUT2D eigenvalue weighted by molar-refractivity contribution is 5.33. The number of aromatic nitrogens is 3. The van der Waals surface area contributed by atoms with Gasteiger partial charge in [0.15, 0.2) is 0 Å². The Balaban J connectivity index is 2.13. The normalized spacial score (nSPS) is 10.9. The third kappa shape index (κ3) is 3.72. The van der Waals surface area contributed by atoms with Crippen molar-refractivity contribution in [3.05, 3.63) is 41.7 Å². The topological polar surface area (TPSA) is 66.0 Å². The minimum Gasteiger partial charge on any atom is -0.434 e. The number of hydrogen-bond acceptors (Lipinski definition) is 4. The minimum absolute atomic E-state index is 0.147. The molecule has 0 amide bonds. The molecule has 2 aromatic rings. The number of halogens is 2. The van der Waals surface area contributed by atoms with E-state index in [2.05, 4.69) is 15.0 Å². The van der Waals surface area contributed by atoms with E-state index in [1.54, 1.807) is 29.1 Å². The SMILES string of the molecule is NCCc1cn(Cc2ccccc2OC(F)F)nn1. The molecule has 0 fully saturated rings. The van der Waals surface area contributed by atoms with Gasteiger partial charge in [-0.25, -0.2) is 4.68 Å². The monoisotopic (exact) mass is 268 g/mol. The van der Waals surface area contributed by atoms with Crippen LogP contribution in [-0.2, 0) is 13.0 Å². The third-order valence-electron chi connectivity index (χ3n) is 2.51. The second-order valence-electron chi connectivity index (χ2n) is 3.93. The number of nitrogens with zero attached hydrogens (tertiary/aromatic N) is 3. The van der Waals surface area contributed by atoms with E-state index in [-0.39, 0.29) is 5.75 Å². The molecule has 0 bridgehead atoms. The van der Waals surface area contributed by atoms with Crippen LogP contribution in [0.25, 0.3) is 0 Å². The van der Waals surface area contributed by atoms with Gasteiger partial charge in [0.1, 0.15) is 5.75 Å². The standard InChI is InChI=1S/C12H14F2N4O/c13-12(14)19-11-4-2-1-3-9(11)7-18-8-10(5-6-15)16-17-18/h1-4,8,12H,5-7,15H2. The molecule has 0 saturated carbocycles. The van der Waals surface area contributed by atoms with Crippen LogP contribution in [0.3, 0.4) is 0 Å². The number of nitrogens with two attached hydrogens (primary N) is 1. The number of benzene rings is 1. The Labute approximate surface area is 109 Å². The van der Waals surface area contributed by atoms with Crippen LogP contribution in [0.15, 0.2) is 30.5 Å². The average molecular weight is 268 g/mol. The number of para-hydroxylation sites is 1. The summed E-state index contributed by atoms with van der Waals surface area (Å²) in [6, 6.07) is 6.61. The van der Waals surface area contributed by atoms with Crippen LogP contribution in [0.1, 0.15) is 11.3 Å². The van der Waals surface area contributed by atoms with Gasteiger partial charge in [0.05, 0.1) is 12.2 Å². The Bertz CT molecular complexity index is 530. The van der Waals surface area contributed by atoms with Crippen molar-refractivity contribution < 1.29 is 13.5 Å². The smallest absolute Gasteiger partial charge is 0.387 e. The van der Waals surface area contributed by atoms with Gasteiger partial charge in [0.25, 0.3) is 0 Å². The lowest BCUT2D eigenvalue weighted by atomic mass is 10.2. The number of ether oxygens (including phenoxy) is 1. The molecule has 0 atom stereocenters. The molecule has 7 heteroatoms. The Morgan fingerprint density at radius 2 is 2.11 bits per heavy atom. The van der Waals surface area contributed by atoms with E-state index in [0.717, 1.165) is 5.69 Å². The molecule has 0 aliphatic rings. The van der Waals surface area contributed by atoms with E-state index >= 15 is 0 Å². The van der Waals surface area contributed by atoms with Crippen LogP contribution >= 0.6 is 0 Å². The molecular weight excluding hydrogens is 254 g/mol. The fourth-order valence-corrected chi connectivity index (χ4v) is 1.70. The van der Waals surface area contributed by atoms with Crippen molar-refractivity contribution >= 4 is 0 Å². The van der Waals surface area contributed by atoms with Crippen LogP contribution in [0.4, 0.5) is 8.78 Å². The lowest BCUT2D eigenvalue weighted by Gasteiger charge is -2.09. The molecule has 2 rings (SSSR count). The van der Waals surface area contributed by atoms with Crippen molar-refractivity contribution in [2.75, 3.05) is 6.54 Å². The second kappa shape index (κ2) is 6.24.